The molecule has 0 unspecified atom stereocenters. The first-order valence-electron chi connectivity index (χ1n) is 5.82. The number of rotatable bonds is 3. The molecule has 2 aromatic rings. The van der Waals surface area contributed by atoms with E-state index in [4.69, 9.17) is 23.2 Å². The van der Waals surface area contributed by atoms with Gasteiger partial charge in [0.05, 0.1) is 0 Å². The van der Waals surface area contributed by atoms with E-state index in [0.717, 1.165) is 5.56 Å². The van der Waals surface area contributed by atoms with Gasteiger partial charge in [0.15, 0.2) is 0 Å². The van der Waals surface area contributed by atoms with E-state index in [1.165, 1.54) is 17.0 Å². The third kappa shape index (κ3) is 3.62. The Labute approximate surface area is 126 Å². The van der Waals surface area contributed by atoms with Crippen LogP contribution in [0, 0.1) is 0 Å². The predicted molar refractivity (Wildman–Crippen MR) is 78.2 cm³/mol. The third-order valence-corrected chi connectivity index (χ3v) is 3.07. The van der Waals surface area contributed by atoms with E-state index in [9.17, 15) is 9.90 Å². The van der Waals surface area contributed by atoms with Gasteiger partial charge in [0.2, 0.25) is 0 Å². The molecular formula is C14H12Cl2N2O2. The van der Waals surface area contributed by atoms with Crippen molar-refractivity contribution < 1.29 is 9.90 Å². The normalized spacial score (nSPS) is 10.3. The Bertz CT molecular complexity index is 627. The van der Waals surface area contributed by atoms with Crippen LogP contribution >= 0.6 is 23.2 Å². The van der Waals surface area contributed by atoms with E-state index in [2.05, 4.69) is 4.98 Å². The summed E-state index contributed by atoms with van der Waals surface area (Å²) in [6, 6.07) is 9.67. The Balaban J connectivity index is 2.16. The van der Waals surface area contributed by atoms with Crippen LogP contribution in [0.25, 0.3) is 0 Å². The highest BCUT2D eigenvalue weighted by Gasteiger charge is 2.14. The number of carbonyl (C=O) groups is 1. The van der Waals surface area contributed by atoms with Gasteiger partial charge in [0.25, 0.3) is 5.91 Å². The summed E-state index contributed by atoms with van der Waals surface area (Å²) in [5, 5.41) is 9.75. The number of halogens is 2. The van der Waals surface area contributed by atoms with E-state index in [1.807, 2.05) is 6.07 Å². The lowest BCUT2D eigenvalue weighted by Crippen LogP contribution is -2.26. The maximum Gasteiger partial charge on any atom is 0.254 e. The topological polar surface area (TPSA) is 53.4 Å². The van der Waals surface area contributed by atoms with E-state index in [1.54, 1.807) is 25.2 Å². The Kier molecular flexibility index (Phi) is 4.47. The standard InChI is InChI=1S/C14H12Cl2N2O2/c1-18(8-9-3-2-4-11(19)5-9)14(20)10-6-12(15)17-13(16)7-10/h2-7,19H,8H2,1H3. The van der Waals surface area contributed by atoms with Gasteiger partial charge in [-0.05, 0) is 29.8 Å². The van der Waals surface area contributed by atoms with Gasteiger partial charge in [-0.1, -0.05) is 35.3 Å². The molecule has 104 valence electrons. The van der Waals surface area contributed by atoms with Crippen molar-refractivity contribution in [3.8, 4) is 5.75 Å². The van der Waals surface area contributed by atoms with Gasteiger partial charge >= 0.3 is 0 Å². The first kappa shape index (κ1) is 14.6. The molecular weight excluding hydrogens is 299 g/mol. The van der Waals surface area contributed by atoms with Crippen molar-refractivity contribution in [2.45, 2.75) is 6.54 Å². The van der Waals surface area contributed by atoms with Crippen molar-refractivity contribution in [2.75, 3.05) is 7.05 Å². The van der Waals surface area contributed by atoms with Gasteiger partial charge in [-0.25, -0.2) is 4.98 Å². The van der Waals surface area contributed by atoms with Crippen molar-refractivity contribution in [3.05, 3.63) is 57.8 Å². The van der Waals surface area contributed by atoms with Gasteiger partial charge in [0, 0.05) is 19.2 Å². The van der Waals surface area contributed by atoms with Crippen LogP contribution in [0.5, 0.6) is 5.75 Å². The third-order valence-electron chi connectivity index (χ3n) is 2.69. The maximum absolute atomic E-state index is 12.3. The average molecular weight is 311 g/mol. The van der Waals surface area contributed by atoms with E-state index >= 15 is 0 Å². The quantitative estimate of drug-likeness (QED) is 0.884. The van der Waals surface area contributed by atoms with E-state index < -0.39 is 0 Å². The van der Waals surface area contributed by atoms with Crippen LogP contribution in [-0.2, 0) is 6.54 Å². The molecule has 6 heteroatoms. The van der Waals surface area contributed by atoms with Crippen molar-refractivity contribution in [1.29, 1.82) is 0 Å². The Morgan fingerprint density at radius 2 is 1.90 bits per heavy atom. The lowest BCUT2D eigenvalue weighted by Gasteiger charge is -2.17. The molecule has 20 heavy (non-hydrogen) atoms. The molecule has 0 aliphatic rings. The molecule has 1 aromatic carbocycles. The highest BCUT2D eigenvalue weighted by Crippen LogP contribution is 2.18. The number of hydrogen-bond acceptors (Lipinski definition) is 3. The highest BCUT2D eigenvalue weighted by molar-refractivity contribution is 6.33. The molecule has 1 N–H and O–H groups in total. The van der Waals surface area contributed by atoms with Gasteiger partial charge in [0.1, 0.15) is 16.1 Å². The minimum Gasteiger partial charge on any atom is -0.508 e. The molecule has 4 nitrogen and oxygen atoms in total. The first-order valence-corrected chi connectivity index (χ1v) is 6.58. The molecule has 1 amide bonds. The predicted octanol–water partition coefficient (Wildman–Crippen LogP) is 3.37. The molecule has 2 rings (SSSR count). The molecule has 0 saturated heterocycles. The molecule has 0 aliphatic heterocycles. The second-order valence-corrected chi connectivity index (χ2v) is 5.11. The first-order chi connectivity index (χ1) is 9.45. The fourth-order valence-electron chi connectivity index (χ4n) is 1.81. The lowest BCUT2D eigenvalue weighted by atomic mass is 10.2. The van der Waals surface area contributed by atoms with Crippen molar-refractivity contribution >= 4 is 29.1 Å². The number of benzene rings is 1. The molecule has 0 spiro atoms. The van der Waals surface area contributed by atoms with Crippen LogP contribution in [0.15, 0.2) is 36.4 Å². The van der Waals surface area contributed by atoms with Gasteiger partial charge < -0.3 is 10.0 Å². The highest BCUT2D eigenvalue weighted by atomic mass is 35.5. The number of nitrogens with zero attached hydrogens (tertiary/aromatic N) is 2. The van der Waals surface area contributed by atoms with Crippen LogP contribution in [-0.4, -0.2) is 27.9 Å². The lowest BCUT2D eigenvalue weighted by molar-refractivity contribution is 0.0785. The molecule has 0 saturated carbocycles. The number of carbonyl (C=O) groups excluding carboxylic acids is 1. The average Bonchev–Trinajstić information content (AvgIpc) is 2.36. The fraction of sp³-hybridized carbons (Fsp3) is 0.143. The summed E-state index contributed by atoms with van der Waals surface area (Å²) in [6.07, 6.45) is 0. The van der Waals surface area contributed by atoms with Crippen molar-refractivity contribution in [1.82, 2.24) is 9.88 Å². The Morgan fingerprint density at radius 1 is 1.25 bits per heavy atom. The van der Waals surface area contributed by atoms with Crippen molar-refractivity contribution in [3.63, 3.8) is 0 Å². The van der Waals surface area contributed by atoms with Crippen LogP contribution in [0.3, 0.4) is 0 Å². The van der Waals surface area contributed by atoms with Crippen LogP contribution in [0.4, 0.5) is 0 Å². The number of aromatic nitrogens is 1. The van der Waals surface area contributed by atoms with Crippen molar-refractivity contribution in [2.24, 2.45) is 0 Å². The summed E-state index contributed by atoms with van der Waals surface area (Å²) < 4.78 is 0. The largest absolute Gasteiger partial charge is 0.508 e. The summed E-state index contributed by atoms with van der Waals surface area (Å²) in [5.41, 5.74) is 1.20. The number of phenols is 1. The minimum atomic E-state index is -0.223. The Morgan fingerprint density at radius 3 is 2.50 bits per heavy atom. The number of aromatic hydroxyl groups is 1. The van der Waals surface area contributed by atoms with E-state index in [0.29, 0.717) is 12.1 Å². The monoisotopic (exact) mass is 310 g/mol. The molecule has 1 heterocycles. The van der Waals surface area contributed by atoms with Gasteiger partial charge in [-0.15, -0.1) is 0 Å². The van der Waals surface area contributed by atoms with E-state index in [-0.39, 0.29) is 22.0 Å². The van der Waals surface area contributed by atoms with Gasteiger partial charge in [-0.2, -0.15) is 0 Å². The molecule has 1 aromatic heterocycles. The summed E-state index contributed by atoms with van der Waals surface area (Å²) in [5.74, 6) is -0.0575. The number of amides is 1. The molecule has 0 bridgehead atoms. The number of hydrogen-bond donors (Lipinski definition) is 1. The fourth-order valence-corrected chi connectivity index (χ4v) is 2.27. The van der Waals surface area contributed by atoms with Gasteiger partial charge in [-0.3, -0.25) is 4.79 Å². The Hall–Kier alpha value is -1.78. The van der Waals surface area contributed by atoms with Crippen LogP contribution in [0.2, 0.25) is 10.3 Å². The maximum atomic E-state index is 12.3. The molecule has 0 fully saturated rings. The second-order valence-electron chi connectivity index (χ2n) is 4.33. The minimum absolute atomic E-state index is 0.165. The zero-order valence-electron chi connectivity index (χ0n) is 10.7. The SMILES string of the molecule is CN(Cc1cccc(O)c1)C(=O)c1cc(Cl)nc(Cl)c1. The summed E-state index contributed by atoms with van der Waals surface area (Å²) in [6.45, 7) is 0.366. The van der Waals surface area contributed by atoms with Crippen LogP contribution in [0.1, 0.15) is 15.9 Å². The zero-order valence-corrected chi connectivity index (χ0v) is 12.2. The smallest absolute Gasteiger partial charge is 0.254 e. The van der Waals surface area contributed by atoms with Crippen LogP contribution < -0.4 is 0 Å². The number of pyridine rings is 1. The molecule has 0 atom stereocenters. The molecule has 0 radical (unpaired) electrons. The number of phenolic OH excluding ortho intramolecular Hbond substituents is 1. The summed E-state index contributed by atoms with van der Waals surface area (Å²) in [7, 11) is 1.66. The zero-order chi connectivity index (χ0) is 14.7. The molecule has 0 aliphatic carbocycles. The summed E-state index contributed by atoms with van der Waals surface area (Å²) >= 11 is 11.6. The summed E-state index contributed by atoms with van der Waals surface area (Å²) in [4.78, 5) is 17.6. The second kappa shape index (κ2) is 6.11.